The fourth-order valence-electron chi connectivity index (χ4n) is 5.59. The minimum Gasteiger partial charge on any atom is -0.609 e. The molecule has 0 spiro atoms. The molecule has 0 aromatic heterocycles. The molecule has 1 amide bonds. The first-order valence-corrected chi connectivity index (χ1v) is 16.8. The number of esters is 1. The average molecular weight is 813 g/mol. The Bertz CT molecular complexity index is 762. The zero-order valence-corrected chi connectivity index (χ0v) is 35.1. The second-order valence-corrected chi connectivity index (χ2v) is 13.7. The van der Waals surface area contributed by atoms with Crippen molar-refractivity contribution in [1.82, 2.24) is 5.32 Å². The Labute approximate surface area is 294 Å². The molecule has 268 valence electrons. The molecule has 2 radical (unpaired) electrons. The number of ether oxygens (including phenoxy) is 5. The first-order chi connectivity index (χ1) is 20.4. The van der Waals surface area contributed by atoms with Crippen molar-refractivity contribution in [1.29, 1.82) is 0 Å². The van der Waals surface area contributed by atoms with Gasteiger partial charge in [0.1, 0.15) is 32.1 Å². The fraction of sp³-hybridized carbons (Fsp3) is 0.914. The van der Waals surface area contributed by atoms with Crippen molar-refractivity contribution in [2.45, 2.75) is 166 Å². The molecule has 45 heavy (non-hydrogen) atoms. The molecular formula is C35H71BNO7W-. The van der Waals surface area contributed by atoms with Crippen LogP contribution < -0.4 is 5.32 Å². The van der Waals surface area contributed by atoms with Crippen molar-refractivity contribution in [2.75, 3.05) is 27.4 Å². The van der Waals surface area contributed by atoms with Gasteiger partial charge in [0.2, 0.25) is 0 Å². The summed E-state index contributed by atoms with van der Waals surface area (Å²) >= 11 is 0. The summed E-state index contributed by atoms with van der Waals surface area (Å²) in [6, 6.07) is -0.629. The summed E-state index contributed by atoms with van der Waals surface area (Å²) in [5, 5.41) is 2.84. The first kappa shape index (κ1) is 51.2. The van der Waals surface area contributed by atoms with Gasteiger partial charge in [-0.1, -0.05) is 96.4 Å². The van der Waals surface area contributed by atoms with Gasteiger partial charge < -0.3 is 33.8 Å². The van der Waals surface area contributed by atoms with E-state index in [1.165, 1.54) is 0 Å². The zero-order valence-electron chi connectivity index (χ0n) is 32.2. The standard InChI is InChI=1S/C29H53BNO7.3C2H6.W/c1-12-26(2,3)17-27(4,5)14-13-22(33)36-16-21(32)31-19-28(6,7)18-29(8,9)38-24-23(35-11)20(15-34-10)37-25(24)30;3*1-2;/h16,20,23-25H,12-15,17-19H2,1-11H3,(H,31,32);3*1-2H3;/q-1;;;;. The van der Waals surface area contributed by atoms with E-state index in [0.717, 1.165) is 19.4 Å². The Morgan fingerprint density at radius 2 is 1.38 bits per heavy atom. The van der Waals surface area contributed by atoms with Crippen LogP contribution in [0, 0.1) is 22.9 Å². The van der Waals surface area contributed by atoms with Gasteiger partial charge in [-0.05, 0) is 49.4 Å². The van der Waals surface area contributed by atoms with Crippen LogP contribution in [-0.2, 0) is 54.3 Å². The molecule has 1 aliphatic heterocycles. The van der Waals surface area contributed by atoms with Crippen LogP contribution in [0.5, 0.6) is 0 Å². The van der Waals surface area contributed by atoms with Gasteiger partial charge in [-0.2, -0.15) is 0 Å². The van der Waals surface area contributed by atoms with Gasteiger partial charge in [-0.15, -0.1) is 6.61 Å². The fourth-order valence-corrected chi connectivity index (χ4v) is 5.59. The number of carbonyl (C=O) groups is 2. The molecule has 0 aliphatic carbocycles. The molecule has 0 bridgehead atoms. The van der Waals surface area contributed by atoms with Crippen molar-refractivity contribution < 1.29 is 54.3 Å². The Morgan fingerprint density at radius 3 is 1.84 bits per heavy atom. The van der Waals surface area contributed by atoms with E-state index >= 15 is 0 Å². The van der Waals surface area contributed by atoms with Crippen LogP contribution in [0.2, 0.25) is 0 Å². The Morgan fingerprint density at radius 1 is 0.844 bits per heavy atom. The topological polar surface area (TPSA) is 92.3 Å². The summed E-state index contributed by atoms with van der Waals surface area (Å²) in [5.74, 6) is -0.837. The molecule has 8 nitrogen and oxygen atoms in total. The van der Waals surface area contributed by atoms with Crippen molar-refractivity contribution in [3.63, 3.8) is 0 Å². The molecule has 1 saturated heterocycles. The number of hydrogen-bond acceptors (Lipinski definition) is 7. The molecule has 1 fully saturated rings. The van der Waals surface area contributed by atoms with E-state index in [-0.39, 0.29) is 55.9 Å². The van der Waals surface area contributed by atoms with Crippen molar-refractivity contribution >= 4 is 19.7 Å². The average Bonchev–Trinajstić information content (AvgIpc) is 3.24. The number of rotatable bonds is 17. The molecular weight excluding hydrogens is 741 g/mol. The van der Waals surface area contributed by atoms with E-state index in [0.29, 0.717) is 26.0 Å². The van der Waals surface area contributed by atoms with E-state index in [2.05, 4.69) is 39.9 Å². The Balaban J connectivity index is -0.00000113. The number of nitrogens with one attached hydrogen (secondary N) is 1. The first-order valence-electron chi connectivity index (χ1n) is 16.8. The third-order valence-corrected chi connectivity index (χ3v) is 7.27. The van der Waals surface area contributed by atoms with Gasteiger partial charge in [0.25, 0.3) is 5.97 Å². The maximum atomic E-state index is 12.4. The van der Waals surface area contributed by atoms with Gasteiger partial charge >= 0.3 is 0 Å². The van der Waals surface area contributed by atoms with Crippen LogP contribution in [0.1, 0.15) is 136 Å². The SMILES string of the molecule is CC.CC.CC.[B]C1OC(COC)C(OC)C1OC(C)(C)CC(C)(C)CNC(=O)[CH-]OC(=O)CCC(C)(C)CC(C)(C)CC.[W]. The molecule has 1 rings (SSSR count). The maximum Gasteiger partial charge on any atom is 0.278 e. The predicted octanol–water partition coefficient (Wildman–Crippen LogP) is 7.65. The smallest absolute Gasteiger partial charge is 0.278 e. The Hall–Kier alpha value is -0.597. The van der Waals surface area contributed by atoms with Crippen LogP contribution in [0.25, 0.3) is 0 Å². The van der Waals surface area contributed by atoms with Crippen molar-refractivity contribution in [2.24, 2.45) is 16.2 Å². The molecule has 0 aromatic rings. The summed E-state index contributed by atoms with van der Waals surface area (Å²) in [4.78, 5) is 24.6. The van der Waals surface area contributed by atoms with Crippen LogP contribution in [0.3, 0.4) is 0 Å². The van der Waals surface area contributed by atoms with E-state index in [1.807, 2.05) is 69.2 Å². The largest absolute Gasteiger partial charge is 0.609 e. The van der Waals surface area contributed by atoms with Gasteiger partial charge in [0, 0.05) is 54.3 Å². The number of methoxy groups -OCH3 is 2. The van der Waals surface area contributed by atoms with Crippen LogP contribution in [0.15, 0.2) is 0 Å². The number of carbonyl (C=O) groups excluding carboxylic acids is 2. The molecule has 0 saturated carbocycles. The normalized spacial score (nSPS) is 19.7. The molecule has 10 heteroatoms. The molecule has 0 aromatic carbocycles. The van der Waals surface area contributed by atoms with Gasteiger partial charge in [-0.25, -0.2) is 0 Å². The van der Waals surface area contributed by atoms with Crippen LogP contribution in [0.4, 0.5) is 0 Å². The van der Waals surface area contributed by atoms with E-state index in [1.54, 1.807) is 14.2 Å². The second kappa shape index (κ2) is 25.4. The quantitative estimate of drug-likeness (QED) is 0.0917. The number of hydrogen-bond donors (Lipinski definition) is 1. The van der Waals surface area contributed by atoms with Gasteiger partial charge in [-0.3, -0.25) is 4.79 Å². The van der Waals surface area contributed by atoms with Crippen molar-refractivity contribution in [3.05, 3.63) is 6.61 Å². The molecule has 1 heterocycles. The molecule has 4 atom stereocenters. The van der Waals surface area contributed by atoms with E-state index in [4.69, 9.17) is 31.5 Å². The second-order valence-electron chi connectivity index (χ2n) is 13.7. The minimum absolute atomic E-state index is 0. The third-order valence-electron chi connectivity index (χ3n) is 7.27. The third kappa shape index (κ3) is 22.6. The van der Waals surface area contributed by atoms with E-state index in [9.17, 15) is 9.59 Å². The van der Waals surface area contributed by atoms with Crippen molar-refractivity contribution in [3.8, 4) is 0 Å². The van der Waals surface area contributed by atoms with Gasteiger partial charge in [0.05, 0.1) is 12.2 Å². The summed E-state index contributed by atoms with van der Waals surface area (Å²) in [6.45, 7) is 32.8. The molecule has 1 N–H and O–H groups in total. The predicted molar refractivity (Wildman–Crippen MR) is 184 cm³/mol. The zero-order chi connectivity index (χ0) is 35.4. The summed E-state index contributed by atoms with van der Waals surface area (Å²) in [7, 11) is 9.39. The Kier molecular flexibility index (Phi) is 29.0. The summed E-state index contributed by atoms with van der Waals surface area (Å²) in [5.41, 5.74) is -0.651. The minimum atomic E-state index is -0.629. The molecule has 1 aliphatic rings. The monoisotopic (exact) mass is 812 g/mol. The van der Waals surface area contributed by atoms with E-state index < -0.39 is 29.6 Å². The summed E-state index contributed by atoms with van der Waals surface area (Å²) < 4.78 is 28.1. The number of amides is 1. The molecule has 4 unspecified atom stereocenters. The van der Waals surface area contributed by atoms with Crippen LogP contribution in [-0.4, -0.2) is 77.0 Å². The van der Waals surface area contributed by atoms with Gasteiger partial charge in [0.15, 0.2) is 0 Å². The maximum absolute atomic E-state index is 12.4. The summed E-state index contributed by atoms with van der Waals surface area (Å²) in [6.07, 6.45) is 2.60. The van der Waals surface area contributed by atoms with Crippen LogP contribution >= 0.6 is 0 Å².